The highest BCUT2D eigenvalue weighted by Gasteiger charge is 2.49. The molecule has 4 rings (SSSR count). The summed E-state index contributed by atoms with van der Waals surface area (Å²) in [6, 6.07) is 8.52. The van der Waals surface area contributed by atoms with Crippen LogP contribution in [0.25, 0.3) is 0 Å². The van der Waals surface area contributed by atoms with E-state index in [2.05, 4.69) is 46.0 Å². The number of carbonyl (C=O) groups excluding carboxylic acids is 1. The third-order valence-electron chi connectivity index (χ3n) is 6.27. The molecular weight excluding hydrogens is 364 g/mol. The Bertz CT molecular complexity index is 900. The van der Waals surface area contributed by atoms with Crippen LogP contribution in [-0.4, -0.2) is 53.6 Å². The molecule has 0 spiro atoms. The van der Waals surface area contributed by atoms with Crippen molar-refractivity contribution in [2.24, 2.45) is 11.8 Å². The van der Waals surface area contributed by atoms with Crippen LogP contribution in [0, 0.1) is 32.6 Å². The summed E-state index contributed by atoms with van der Waals surface area (Å²) < 4.78 is 5.44. The number of hydrogen-bond donors (Lipinski definition) is 0. The summed E-state index contributed by atoms with van der Waals surface area (Å²) in [4.78, 5) is 26.6. The third-order valence-corrected chi connectivity index (χ3v) is 6.27. The van der Waals surface area contributed by atoms with Crippen LogP contribution in [-0.2, 0) is 9.53 Å². The van der Waals surface area contributed by atoms with E-state index in [1.807, 2.05) is 27.0 Å². The number of aryl methyl sites for hydroxylation is 3. The summed E-state index contributed by atoms with van der Waals surface area (Å²) in [6.07, 6.45) is 1.82. The zero-order chi connectivity index (χ0) is 20.5. The molecule has 2 aliphatic rings. The van der Waals surface area contributed by atoms with Gasteiger partial charge in [0.2, 0.25) is 5.91 Å². The van der Waals surface area contributed by atoms with Gasteiger partial charge in [0.15, 0.2) is 0 Å². The lowest BCUT2D eigenvalue weighted by Crippen LogP contribution is -2.38. The van der Waals surface area contributed by atoms with Crippen LogP contribution in [0.1, 0.15) is 35.5 Å². The number of likely N-dealkylation sites (tertiary alicyclic amines) is 1. The maximum Gasteiger partial charge on any atom is 0.249 e. The van der Waals surface area contributed by atoms with Crippen molar-refractivity contribution in [1.29, 1.82) is 0 Å². The lowest BCUT2D eigenvalue weighted by Gasteiger charge is -2.31. The molecule has 3 heterocycles. The molecule has 1 amide bonds. The van der Waals surface area contributed by atoms with Gasteiger partial charge in [-0.05, 0) is 38.8 Å². The average Bonchev–Trinajstić information content (AvgIpc) is 3.26. The Morgan fingerprint density at radius 3 is 2.72 bits per heavy atom. The minimum Gasteiger partial charge on any atom is -0.372 e. The number of carbonyl (C=O) groups is 1. The van der Waals surface area contributed by atoms with Crippen molar-refractivity contribution in [3.63, 3.8) is 0 Å². The molecule has 2 aliphatic heterocycles. The van der Waals surface area contributed by atoms with Crippen molar-refractivity contribution in [1.82, 2.24) is 14.9 Å². The SMILES string of the molecule is CCOCC(=O)N1C[C@@H]2CN(c3nc(C)cnc3C)C[C@@H]2[C@H]1c1ccccc1C. The zero-order valence-corrected chi connectivity index (χ0v) is 17.8. The van der Waals surface area contributed by atoms with Gasteiger partial charge in [-0.15, -0.1) is 0 Å². The molecule has 1 aromatic heterocycles. The van der Waals surface area contributed by atoms with Gasteiger partial charge in [-0.25, -0.2) is 4.98 Å². The Labute approximate surface area is 172 Å². The van der Waals surface area contributed by atoms with Crippen molar-refractivity contribution in [3.8, 4) is 0 Å². The number of amides is 1. The van der Waals surface area contributed by atoms with Gasteiger partial charge < -0.3 is 14.5 Å². The van der Waals surface area contributed by atoms with Gasteiger partial charge in [0, 0.05) is 44.3 Å². The van der Waals surface area contributed by atoms with E-state index < -0.39 is 0 Å². The summed E-state index contributed by atoms with van der Waals surface area (Å²) in [5, 5.41) is 0. The number of ether oxygens (including phenoxy) is 1. The molecule has 0 bridgehead atoms. The number of aromatic nitrogens is 2. The Balaban J connectivity index is 1.64. The largest absolute Gasteiger partial charge is 0.372 e. The van der Waals surface area contributed by atoms with Crippen molar-refractivity contribution in [2.75, 3.05) is 37.7 Å². The lowest BCUT2D eigenvalue weighted by atomic mass is 9.87. The Morgan fingerprint density at radius 2 is 1.97 bits per heavy atom. The van der Waals surface area contributed by atoms with E-state index >= 15 is 0 Å². The van der Waals surface area contributed by atoms with Gasteiger partial charge >= 0.3 is 0 Å². The quantitative estimate of drug-likeness (QED) is 0.780. The van der Waals surface area contributed by atoms with Gasteiger partial charge in [0.25, 0.3) is 0 Å². The van der Waals surface area contributed by atoms with Crippen molar-refractivity contribution in [2.45, 2.75) is 33.7 Å². The van der Waals surface area contributed by atoms with Crippen LogP contribution in [0.2, 0.25) is 0 Å². The fourth-order valence-corrected chi connectivity index (χ4v) is 4.89. The fraction of sp³-hybridized carbons (Fsp3) is 0.522. The van der Waals surface area contributed by atoms with E-state index in [0.717, 1.165) is 36.8 Å². The molecule has 0 N–H and O–H groups in total. The van der Waals surface area contributed by atoms with Gasteiger partial charge in [-0.2, -0.15) is 0 Å². The van der Waals surface area contributed by atoms with E-state index in [9.17, 15) is 4.79 Å². The number of anilines is 1. The van der Waals surface area contributed by atoms with Crippen LogP contribution in [0.3, 0.4) is 0 Å². The van der Waals surface area contributed by atoms with Crippen LogP contribution < -0.4 is 4.90 Å². The number of hydrogen-bond acceptors (Lipinski definition) is 5. The average molecular weight is 395 g/mol. The van der Waals surface area contributed by atoms with Gasteiger partial charge in [-0.1, -0.05) is 24.3 Å². The van der Waals surface area contributed by atoms with Gasteiger partial charge in [0.05, 0.1) is 17.4 Å². The third kappa shape index (κ3) is 3.73. The van der Waals surface area contributed by atoms with Crippen LogP contribution in [0.4, 0.5) is 5.82 Å². The van der Waals surface area contributed by atoms with Gasteiger partial charge in [0.1, 0.15) is 12.4 Å². The van der Waals surface area contributed by atoms with E-state index in [0.29, 0.717) is 18.4 Å². The van der Waals surface area contributed by atoms with Crippen LogP contribution in [0.15, 0.2) is 30.5 Å². The number of nitrogens with zero attached hydrogens (tertiary/aromatic N) is 4. The first-order valence-electron chi connectivity index (χ1n) is 10.5. The smallest absolute Gasteiger partial charge is 0.249 e. The Hall–Kier alpha value is -2.47. The predicted octanol–water partition coefficient (Wildman–Crippen LogP) is 3.07. The summed E-state index contributed by atoms with van der Waals surface area (Å²) in [7, 11) is 0. The number of benzene rings is 1. The summed E-state index contributed by atoms with van der Waals surface area (Å²) >= 11 is 0. The number of rotatable bonds is 5. The minimum atomic E-state index is 0.0808. The highest BCUT2D eigenvalue weighted by Crippen LogP contribution is 2.46. The van der Waals surface area contributed by atoms with E-state index in [1.54, 1.807) is 0 Å². The topological polar surface area (TPSA) is 58.6 Å². The Kier molecular flexibility index (Phi) is 5.54. The van der Waals surface area contributed by atoms with Crippen molar-refractivity contribution >= 4 is 11.7 Å². The van der Waals surface area contributed by atoms with Crippen molar-refractivity contribution < 1.29 is 9.53 Å². The van der Waals surface area contributed by atoms with Gasteiger partial charge in [-0.3, -0.25) is 9.78 Å². The maximum atomic E-state index is 12.9. The maximum absolute atomic E-state index is 12.9. The fourth-order valence-electron chi connectivity index (χ4n) is 4.89. The van der Waals surface area contributed by atoms with Crippen LogP contribution in [0.5, 0.6) is 0 Å². The van der Waals surface area contributed by atoms with Crippen LogP contribution >= 0.6 is 0 Å². The highest BCUT2D eigenvalue weighted by atomic mass is 16.5. The molecule has 2 aromatic rings. The predicted molar refractivity (Wildman–Crippen MR) is 113 cm³/mol. The molecular formula is C23H30N4O2. The summed E-state index contributed by atoms with van der Waals surface area (Å²) in [6.45, 7) is 11.3. The zero-order valence-electron chi connectivity index (χ0n) is 17.8. The summed E-state index contributed by atoms with van der Waals surface area (Å²) in [5.41, 5.74) is 4.38. The molecule has 29 heavy (non-hydrogen) atoms. The second-order valence-corrected chi connectivity index (χ2v) is 8.23. The molecule has 0 aliphatic carbocycles. The van der Waals surface area contributed by atoms with Crippen molar-refractivity contribution in [3.05, 3.63) is 53.0 Å². The molecule has 6 nitrogen and oxygen atoms in total. The first-order chi connectivity index (χ1) is 14.0. The monoisotopic (exact) mass is 394 g/mol. The number of fused-ring (bicyclic) bond motifs is 1. The first kappa shape index (κ1) is 19.8. The lowest BCUT2D eigenvalue weighted by molar-refractivity contribution is -0.137. The molecule has 0 radical (unpaired) electrons. The first-order valence-corrected chi connectivity index (χ1v) is 10.5. The van der Waals surface area contributed by atoms with E-state index in [4.69, 9.17) is 9.72 Å². The summed E-state index contributed by atoms with van der Waals surface area (Å²) in [5.74, 6) is 1.87. The normalized spacial score (nSPS) is 23.5. The van der Waals surface area contributed by atoms with E-state index in [1.165, 1.54) is 11.1 Å². The molecule has 3 atom stereocenters. The highest BCUT2D eigenvalue weighted by molar-refractivity contribution is 5.78. The molecule has 0 unspecified atom stereocenters. The second-order valence-electron chi connectivity index (χ2n) is 8.23. The minimum absolute atomic E-state index is 0.0808. The molecule has 6 heteroatoms. The molecule has 2 saturated heterocycles. The standard InChI is InChI=1S/C23H30N4O2/c1-5-29-14-21(28)27-12-18-11-26(23-17(4)24-10-16(3)25-23)13-20(18)22(27)19-9-7-6-8-15(19)2/h6-10,18,20,22H,5,11-14H2,1-4H3/t18-,20-,22+/m0/s1. The molecule has 0 saturated carbocycles. The molecule has 1 aromatic carbocycles. The Morgan fingerprint density at radius 1 is 1.17 bits per heavy atom. The molecule has 2 fully saturated rings. The molecule has 154 valence electrons. The van der Waals surface area contributed by atoms with E-state index in [-0.39, 0.29) is 18.6 Å². The second kappa shape index (κ2) is 8.11.